The van der Waals surface area contributed by atoms with E-state index in [9.17, 15) is 0 Å². The molecule has 1 aromatic rings. The molecule has 0 atom stereocenters. The zero-order valence-corrected chi connectivity index (χ0v) is 7.80. The maximum absolute atomic E-state index is 3.90. The summed E-state index contributed by atoms with van der Waals surface area (Å²) in [7, 11) is 0. The summed E-state index contributed by atoms with van der Waals surface area (Å²) in [6, 6.07) is 10.4. The Hall–Kier alpha value is -1.04. The van der Waals surface area contributed by atoms with Crippen LogP contribution < -0.4 is 0 Å². The predicted octanol–water partition coefficient (Wildman–Crippen LogP) is 3.60. The lowest BCUT2D eigenvalue weighted by molar-refractivity contribution is 0.979. The summed E-state index contributed by atoms with van der Waals surface area (Å²) < 4.78 is 0. The van der Waals surface area contributed by atoms with Crippen LogP contribution >= 0.6 is 0 Å². The van der Waals surface area contributed by atoms with Crippen LogP contribution in [0.3, 0.4) is 0 Å². The normalized spacial score (nSPS) is 10.2. The third kappa shape index (κ3) is 2.54. The molecule has 0 amide bonds. The molecule has 0 fully saturated rings. The van der Waals surface area contributed by atoms with Crippen molar-refractivity contribution >= 4 is 0 Å². The zero-order valence-electron chi connectivity index (χ0n) is 7.80. The quantitative estimate of drug-likeness (QED) is 0.591. The number of benzene rings is 1. The van der Waals surface area contributed by atoms with Gasteiger partial charge in [-0.3, -0.25) is 0 Å². The molecule has 0 N–H and O–H groups in total. The summed E-state index contributed by atoms with van der Waals surface area (Å²) >= 11 is 0. The SMILES string of the molecule is C=C(C)C[C](C)c1ccccc1. The predicted molar refractivity (Wildman–Crippen MR) is 53.9 cm³/mol. The summed E-state index contributed by atoms with van der Waals surface area (Å²) in [6.07, 6.45) is 1.00. The highest BCUT2D eigenvalue weighted by Gasteiger charge is 2.04. The number of hydrogen-bond acceptors (Lipinski definition) is 0. The molecular formula is C12H15. The average Bonchev–Trinajstić information content (AvgIpc) is 2.05. The smallest absolute Gasteiger partial charge is 0.00588 e. The number of hydrogen-bond donors (Lipinski definition) is 0. The van der Waals surface area contributed by atoms with Gasteiger partial charge in [0.2, 0.25) is 0 Å². The van der Waals surface area contributed by atoms with E-state index in [1.165, 1.54) is 17.1 Å². The summed E-state index contributed by atoms with van der Waals surface area (Å²) in [5.74, 6) is 1.39. The average molecular weight is 159 g/mol. The zero-order chi connectivity index (χ0) is 8.97. The molecule has 0 aliphatic heterocycles. The molecule has 63 valence electrons. The third-order valence-electron chi connectivity index (χ3n) is 1.83. The molecule has 1 rings (SSSR count). The largest absolute Gasteiger partial charge is 0.100 e. The van der Waals surface area contributed by atoms with Gasteiger partial charge >= 0.3 is 0 Å². The summed E-state index contributed by atoms with van der Waals surface area (Å²) in [5, 5.41) is 0. The van der Waals surface area contributed by atoms with Crippen LogP contribution in [0.25, 0.3) is 0 Å². The van der Waals surface area contributed by atoms with Gasteiger partial charge < -0.3 is 0 Å². The highest BCUT2D eigenvalue weighted by molar-refractivity contribution is 5.30. The van der Waals surface area contributed by atoms with Gasteiger partial charge in [-0.25, -0.2) is 0 Å². The Balaban J connectivity index is 2.65. The topological polar surface area (TPSA) is 0 Å². The van der Waals surface area contributed by atoms with Crippen LogP contribution in [0.15, 0.2) is 42.5 Å². The van der Waals surface area contributed by atoms with Gasteiger partial charge in [0.05, 0.1) is 0 Å². The molecule has 1 aromatic carbocycles. The van der Waals surface area contributed by atoms with Crippen molar-refractivity contribution in [1.29, 1.82) is 0 Å². The lowest BCUT2D eigenvalue weighted by atomic mass is 9.95. The maximum atomic E-state index is 3.90. The van der Waals surface area contributed by atoms with Crippen LogP contribution in [0, 0.1) is 5.92 Å². The van der Waals surface area contributed by atoms with Crippen molar-refractivity contribution in [2.24, 2.45) is 0 Å². The van der Waals surface area contributed by atoms with Crippen molar-refractivity contribution in [2.45, 2.75) is 20.3 Å². The molecule has 0 heteroatoms. The van der Waals surface area contributed by atoms with Crippen molar-refractivity contribution in [2.75, 3.05) is 0 Å². The fourth-order valence-corrected chi connectivity index (χ4v) is 1.28. The molecule has 0 nitrogen and oxygen atoms in total. The lowest BCUT2D eigenvalue weighted by Gasteiger charge is -2.09. The van der Waals surface area contributed by atoms with E-state index in [-0.39, 0.29) is 0 Å². The standard InChI is InChI=1S/C12H15/c1-10(2)9-11(3)12-7-5-4-6-8-12/h4-8H,1,9H2,2-3H3. The molecular weight excluding hydrogens is 144 g/mol. The van der Waals surface area contributed by atoms with E-state index in [0.29, 0.717) is 0 Å². The maximum Gasteiger partial charge on any atom is 0.00588 e. The van der Waals surface area contributed by atoms with Crippen molar-refractivity contribution in [3.05, 3.63) is 54.0 Å². The van der Waals surface area contributed by atoms with Crippen molar-refractivity contribution < 1.29 is 0 Å². The van der Waals surface area contributed by atoms with Gasteiger partial charge in [-0.05, 0) is 18.9 Å². The summed E-state index contributed by atoms with van der Waals surface area (Å²) in [6.45, 7) is 8.12. The molecule has 0 unspecified atom stereocenters. The second-order valence-corrected chi connectivity index (χ2v) is 3.28. The summed E-state index contributed by atoms with van der Waals surface area (Å²) in [4.78, 5) is 0. The van der Waals surface area contributed by atoms with Crippen molar-refractivity contribution in [3.8, 4) is 0 Å². The fourth-order valence-electron chi connectivity index (χ4n) is 1.28. The van der Waals surface area contributed by atoms with Gasteiger partial charge in [-0.2, -0.15) is 0 Å². The highest BCUT2D eigenvalue weighted by atomic mass is 14.1. The molecule has 0 aromatic heterocycles. The monoisotopic (exact) mass is 159 g/mol. The molecule has 0 saturated carbocycles. The van der Waals surface area contributed by atoms with E-state index in [2.05, 4.69) is 44.7 Å². The van der Waals surface area contributed by atoms with Gasteiger partial charge in [0, 0.05) is 5.92 Å². The Morgan fingerprint density at radius 3 is 2.25 bits per heavy atom. The molecule has 0 spiro atoms. The van der Waals surface area contributed by atoms with E-state index in [1.807, 2.05) is 6.07 Å². The minimum Gasteiger partial charge on any atom is -0.100 e. The van der Waals surface area contributed by atoms with Crippen molar-refractivity contribution in [1.82, 2.24) is 0 Å². The fraction of sp³-hybridized carbons (Fsp3) is 0.250. The van der Waals surface area contributed by atoms with Crippen LogP contribution in [-0.4, -0.2) is 0 Å². The van der Waals surface area contributed by atoms with Crippen LogP contribution in [0.1, 0.15) is 25.8 Å². The molecule has 0 saturated heterocycles. The summed E-state index contributed by atoms with van der Waals surface area (Å²) in [5.41, 5.74) is 2.54. The second-order valence-electron chi connectivity index (χ2n) is 3.28. The van der Waals surface area contributed by atoms with Crippen LogP contribution in [0.5, 0.6) is 0 Å². The number of allylic oxidation sites excluding steroid dienone is 1. The molecule has 12 heavy (non-hydrogen) atoms. The third-order valence-corrected chi connectivity index (χ3v) is 1.83. The van der Waals surface area contributed by atoms with Gasteiger partial charge in [0.1, 0.15) is 0 Å². The van der Waals surface area contributed by atoms with Gasteiger partial charge in [0.15, 0.2) is 0 Å². The molecule has 0 heterocycles. The Bertz CT molecular complexity index is 246. The van der Waals surface area contributed by atoms with E-state index < -0.39 is 0 Å². The van der Waals surface area contributed by atoms with Crippen LogP contribution in [0.4, 0.5) is 0 Å². The number of rotatable bonds is 3. The van der Waals surface area contributed by atoms with Gasteiger partial charge in [-0.15, -0.1) is 6.58 Å². The Morgan fingerprint density at radius 1 is 1.17 bits per heavy atom. The van der Waals surface area contributed by atoms with E-state index in [1.54, 1.807) is 0 Å². The van der Waals surface area contributed by atoms with Crippen LogP contribution in [0.2, 0.25) is 0 Å². The Morgan fingerprint density at radius 2 is 1.75 bits per heavy atom. The van der Waals surface area contributed by atoms with Crippen molar-refractivity contribution in [3.63, 3.8) is 0 Å². The molecule has 1 radical (unpaired) electrons. The van der Waals surface area contributed by atoms with Crippen LogP contribution in [-0.2, 0) is 0 Å². The van der Waals surface area contributed by atoms with Gasteiger partial charge in [-0.1, -0.05) is 42.8 Å². The molecule has 0 bridgehead atoms. The minimum absolute atomic E-state index is 1.00. The minimum atomic E-state index is 1.00. The lowest BCUT2D eigenvalue weighted by Crippen LogP contribution is -1.93. The highest BCUT2D eigenvalue weighted by Crippen LogP contribution is 2.20. The van der Waals surface area contributed by atoms with E-state index >= 15 is 0 Å². The Kier molecular flexibility index (Phi) is 3.09. The molecule has 0 aliphatic rings. The first-order valence-electron chi connectivity index (χ1n) is 4.22. The van der Waals surface area contributed by atoms with E-state index in [0.717, 1.165) is 6.42 Å². The van der Waals surface area contributed by atoms with E-state index in [4.69, 9.17) is 0 Å². The first kappa shape index (κ1) is 9.05. The molecule has 0 aliphatic carbocycles. The second kappa shape index (κ2) is 4.10. The van der Waals surface area contributed by atoms with Gasteiger partial charge in [0.25, 0.3) is 0 Å². The Labute approximate surface area is 74.9 Å². The first-order chi connectivity index (χ1) is 5.70. The first-order valence-corrected chi connectivity index (χ1v) is 4.22.